The highest BCUT2D eigenvalue weighted by Crippen LogP contribution is 2.23. The van der Waals surface area contributed by atoms with Gasteiger partial charge in [-0.15, -0.1) is 0 Å². The molecule has 2 N–H and O–H groups in total. The SMILES string of the molecule is COCC1NCCOC12CNC2. The predicted molar refractivity (Wildman–Crippen MR) is 45.2 cm³/mol. The van der Waals surface area contributed by atoms with Crippen LogP contribution in [0.1, 0.15) is 0 Å². The van der Waals surface area contributed by atoms with E-state index in [1.54, 1.807) is 7.11 Å². The first-order valence-electron chi connectivity index (χ1n) is 4.44. The number of methoxy groups -OCH3 is 1. The average molecular weight is 172 g/mol. The monoisotopic (exact) mass is 172 g/mol. The van der Waals surface area contributed by atoms with Crippen LogP contribution < -0.4 is 10.6 Å². The van der Waals surface area contributed by atoms with Gasteiger partial charge in [0.05, 0.1) is 19.3 Å². The maximum absolute atomic E-state index is 5.76. The van der Waals surface area contributed by atoms with Gasteiger partial charge in [-0.25, -0.2) is 0 Å². The maximum Gasteiger partial charge on any atom is 0.110 e. The van der Waals surface area contributed by atoms with Crippen molar-refractivity contribution in [2.75, 3.05) is 40.0 Å². The largest absolute Gasteiger partial charge is 0.383 e. The second-order valence-electron chi connectivity index (χ2n) is 3.48. The lowest BCUT2D eigenvalue weighted by Crippen LogP contribution is -2.74. The van der Waals surface area contributed by atoms with Crippen molar-refractivity contribution in [1.82, 2.24) is 10.6 Å². The van der Waals surface area contributed by atoms with Crippen molar-refractivity contribution in [3.8, 4) is 0 Å². The van der Waals surface area contributed by atoms with Gasteiger partial charge in [-0.05, 0) is 0 Å². The van der Waals surface area contributed by atoms with Crippen LogP contribution >= 0.6 is 0 Å². The fraction of sp³-hybridized carbons (Fsp3) is 1.00. The van der Waals surface area contributed by atoms with E-state index in [4.69, 9.17) is 9.47 Å². The van der Waals surface area contributed by atoms with Gasteiger partial charge >= 0.3 is 0 Å². The Balaban J connectivity index is 1.97. The van der Waals surface area contributed by atoms with Crippen LogP contribution in [0, 0.1) is 0 Å². The molecule has 1 atom stereocenters. The lowest BCUT2D eigenvalue weighted by molar-refractivity contribution is -0.138. The van der Waals surface area contributed by atoms with Crippen LogP contribution in [0.4, 0.5) is 0 Å². The third-order valence-electron chi connectivity index (χ3n) is 2.70. The van der Waals surface area contributed by atoms with E-state index in [1.165, 1.54) is 0 Å². The van der Waals surface area contributed by atoms with Crippen LogP contribution in [0.5, 0.6) is 0 Å². The lowest BCUT2D eigenvalue weighted by Gasteiger charge is -2.50. The van der Waals surface area contributed by atoms with Crippen molar-refractivity contribution in [1.29, 1.82) is 0 Å². The quantitative estimate of drug-likeness (QED) is 0.558. The Morgan fingerprint density at radius 3 is 3.00 bits per heavy atom. The van der Waals surface area contributed by atoms with Crippen LogP contribution in [0.15, 0.2) is 0 Å². The van der Waals surface area contributed by atoms with Gasteiger partial charge in [0.25, 0.3) is 0 Å². The molecule has 0 saturated carbocycles. The standard InChI is InChI=1S/C8H16N2O2/c1-11-4-7-8(5-9-6-8)12-3-2-10-7/h7,9-10H,2-6H2,1H3. The van der Waals surface area contributed by atoms with Crippen LogP contribution in [0.25, 0.3) is 0 Å². The molecule has 2 aliphatic heterocycles. The second-order valence-corrected chi connectivity index (χ2v) is 3.48. The van der Waals surface area contributed by atoms with E-state index in [0.717, 1.165) is 32.8 Å². The van der Waals surface area contributed by atoms with E-state index >= 15 is 0 Å². The molecule has 2 rings (SSSR count). The molecule has 2 saturated heterocycles. The molecular formula is C8H16N2O2. The summed E-state index contributed by atoms with van der Waals surface area (Å²) >= 11 is 0. The maximum atomic E-state index is 5.76. The highest BCUT2D eigenvalue weighted by molar-refractivity contribution is 5.05. The first-order valence-corrected chi connectivity index (χ1v) is 4.44. The number of nitrogens with one attached hydrogen (secondary N) is 2. The van der Waals surface area contributed by atoms with Gasteiger partial charge < -0.3 is 20.1 Å². The van der Waals surface area contributed by atoms with Gasteiger partial charge in [0.1, 0.15) is 5.60 Å². The third kappa shape index (κ3) is 1.25. The fourth-order valence-corrected chi connectivity index (χ4v) is 1.87. The summed E-state index contributed by atoms with van der Waals surface area (Å²) < 4.78 is 10.9. The van der Waals surface area contributed by atoms with Crippen molar-refractivity contribution in [3.05, 3.63) is 0 Å². The van der Waals surface area contributed by atoms with E-state index in [1.807, 2.05) is 0 Å². The Bertz CT molecular complexity index is 157. The zero-order valence-electron chi connectivity index (χ0n) is 7.43. The third-order valence-corrected chi connectivity index (χ3v) is 2.70. The first kappa shape index (κ1) is 8.44. The number of morpholine rings is 1. The minimum absolute atomic E-state index is 0.0221. The van der Waals surface area contributed by atoms with Crippen LogP contribution in [0.2, 0.25) is 0 Å². The Kier molecular flexibility index (Phi) is 2.32. The summed E-state index contributed by atoms with van der Waals surface area (Å²) in [6.07, 6.45) is 0. The van der Waals surface area contributed by atoms with E-state index in [0.29, 0.717) is 6.04 Å². The smallest absolute Gasteiger partial charge is 0.110 e. The zero-order chi connectivity index (χ0) is 8.44. The van der Waals surface area contributed by atoms with Crippen LogP contribution in [0.3, 0.4) is 0 Å². The lowest BCUT2D eigenvalue weighted by atomic mass is 9.87. The fourth-order valence-electron chi connectivity index (χ4n) is 1.87. The summed E-state index contributed by atoms with van der Waals surface area (Å²) in [4.78, 5) is 0. The number of hydrogen-bond acceptors (Lipinski definition) is 4. The van der Waals surface area contributed by atoms with Gasteiger partial charge in [-0.1, -0.05) is 0 Å². The highest BCUT2D eigenvalue weighted by Gasteiger charge is 2.46. The normalized spacial score (nSPS) is 33.2. The molecule has 4 nitrogen and oxygen atoms in total. The molecule has 2 heterocycles. The van der Waals surface area contributed by atoms with E-state index in [9.17, 15) is 0 Å². The Hall–Kier alpha value is -0.160. The molecule has 0 bridgehead atoms. The Labute approximate surface area is 72.6 Å². The topological polar surface area (TPSA) is 42.5 Å². The Morgan fingerprint density at radius 1 is 1.58 bits per heavy atom. The molecule has 0 amide bonds. The van der Waals surface area contributed by atoms with Crippen LogP contribution in [-0.4, -0.2) is 51.6 Å². The molecule has 1 spiro atoms. The minimum atomic E-state index is 0.0221. The molecule has 0 radical (unpaired) electrons. The summed E-state index contributed by atoms with van der Waals surface area (Å²) in [6.45, 7) is 4.40. The summed E-state index contributed by atoms with van der Waals surface area (Å²) in [5.41, 5.74) is 0.0221. The van der Waals surface area contributed by atoms with Gasteiger partial charge in [0.15, 0.2) is 0 Å². The molecule has 2 fully saturated rings. The van der Waals surface area contributed by atoms with Crippen molar-refractivity contribution in [2.45, 2.75) is 11.6 Å². The zero-order valence-corrected chi connectivity index (χ0v) is 7.43. The van der Waals surface area contributed by atoms with Gasteiger partial charge in [-0.3, -0.25) is 0 Å². The highest BCUT2D eigenvalue weighted by atomic mass is 16.5. The van der Waals surface area contributed by atoms with Gasteiger partial charge in [0.2, 0.25) is 0 Å². The van der Waals surface area contributed by atoms with Gasteiger partial charge in [0, 0.05) is 26.7 Å². The van der Waals surface area contributed by atoms with E-state index in [-0.39, 0.29) is 5.60 Å². The van der Waals surface area contributed by atoms with Crippen LogP contribution in [-0.2, 0) is 9.47 Å². The average Bonchev–Trinajstić information content (AvgIpc) is 2.03. The Morgan fingerprint density at radius 2 is 2.42 bits per heavy atom. The van der Waals surface area contributed by atoms with Crippen molar-refractivity contribution < 1.29 is 9.47 Å². The molecule has 1 unspecified atom stereocenters. The van der Waals surface area contributed by atoms with Gasteiger partial charge in [-0.2, -0.15) is 0 Å². The molecule has 0 aromatic heterocycles. The van der Waals surface area contributed by atoms with E-state index < -0.39 is 0 Å². The molecule has 12 heavy (non-hydrogen) atoms. The molecule has 2 aliphatic rings. The molecule has 0 aliphatic carbocycles. The molecule has 0 aromatic rings. The molecule has 70 valence electrons. The summed E-state index contributed by atoms with van der Waals surface area (Å²) in [5, 5.41) is 6.66. The molecule has 4 heteroatoms. The summed E-state index contributed by atoms with van der Waals surface area (Å²) in [6, 6.07) is 0.359. The number of hydrogen-bond donors (Lipinski definition) is 2. The van der Waals surface area contributed by atoms with E-state index in [2.05, 4.69) is 10.6 Å². The number of ether oxygens (including phenoxy) is 2. The minimum Gasteiger partial charge on any atom is -0.383 e. The molecular weight excluding hydrogens is 156 g/mol. The first-order chi connectivity index (χ1) is 5.87. The number of rotatable bonds is 2. The van der Waals surface area contributed by atoms with Crippen molar-refractivity contribution in [3.63, 3.8) is 0 Å². The van der Waals surface area contributed by atoms with Crippen molar-refractivity contribution >= 4 is 0 Å². The van der Waals surface area contributed by atoms with Crippen molar-refractivity contribution in [2.24, 2.45) is 0 Å². The molecule has 0 aromatic carbocycles. The predicted octanol–water partition coefficient (Wildman–Crippen LogP) is -1.04. The summed E-state index contributed by atoms with van der Waals surface area (Å²) in [7, 11) is 1.73. The second kappa shape index (κ2) is 3.30. The summed E-state index contributed by atoms with van der Waals surface area (Å²) in [5.74, 6) is 0.